The van der Waals surface area contributed by atoms with Crippen LogP contribution in [-0.2, 0) is 19.1 Å². The van der Waals surface area contributed by atoms with Crippen molar-refractivity contribution in [3.63, 3.8) is 0 Å². The van der Waals surface area contributed by atoms with E-state index >= 15 is 0 Å². The standard InChI is InChI=1S/C5H9NO5/c1-9-2-3-10-5(8)6-11-4-7/h4H,2-3H2,1H3,(H,6,8). The van der Waals surface area contributed by atoms with Crippen molar-refractivity contribution in [1.29, 1.82) is 0 Å². The van der Waals surface area contributed by atoms with Crippen LogP contribution in [0.4, 0.5) is 4.79 Å². The molecule has 0 aliphatic carbocycles. The SMILES string of the molecule is COCCOC(=O)NOC=O. The smallest absolute Gasteiger partial charge is 0.440 e. The molecule has 0 unspecified atom stereocenters. The molecule has 0 aliphatic heterocycles. The molecule has 0 saturated heterocycles. The van der Waals surface area contributed by atoms with Crippen LogP contribution in [0.25, 0.3) is 0 Å². The largest absolute Gasteiger partial charge is 0.445 e. The highest BCUT2D eigenvalue weighted by molar-refractivity contribution is 5.66. The van der Waals surface area contributed by atoms with Crippen molar-refractivity contribution in [3.05, 3.63) is 0 Å². The van der Waals surface area contributed by atoms with Gasteiger partial charge in [0, 0.05) is 7.11 Å². The lowest BCUT2D eigenvalue weighted by Crippen LogP contribution is -2.25. The third-order valence-corrected chi connectivity index (χ3v) is 0.711. The van der Waals surface area contributed by atoms with E-state index in [9.17, 15) is 9.59 Å². The quantitative estimate of drug-likeness (QED) is 0.334. The Kier molecular flexibility index (Phi) is 6.01. The van der Waals surface area contributed by atoms with Crippen LogP contribution in [0.1, 0.15) is 0 Å². The van der Waals surface area contributed by atoms with E-state index in [4.69, 9.17) is 0 Å². The molecule has 11 heavy (non-hydrogen) atoms. The van der Waals surface area contributed by atoms with Gasteiger partial charge in [0.25, 0.3) is 0 Å². The van der Waals surface area contributed by atoms with Gasteiger partial charge in [-0.25, -0.2) is 4.79 Å². The maximum Gasteiger partial charge on any atom is 0.440 e. The Morgan fingerprint density at radius 2 is 2.27 bits per heavy atom. The number of hydrogen-bond donors (Lipinski definition) is 1. The average molecular weight is 163 g/mol. The molecule has 0 aromatic heterocycles. The van der Waals surface area contributed by atoms with Crippen LogP contribution in [0, 0.1) is 0 Å². The highest BCUT2D eigenvalue weighted by atomic mass is 16.7. The van der Waals surface area contributed by atoms with E-state index in [1.165, 1.54) is 7.11 Å². The zero-order valence-corrected chi connectivity index (χ0v) is 6.03. The summed E-state index contributed by atoms with van der Waals surface area (Å²) in [5, 5.41) is 0. The molecular formula is C5H9NO5. The summed E-state index contributed by atoms with van der Waals surface area (Å²) in [6.45, 7) is 0.497. The molecule has 0 heterocycles. The molecule has 0 rings (SSSR count). The van der Waals surface area contributed by atoms with Gasteiger partial charge in [-0.1, -0.05) is 0 Å². The first kappa shape index (κ1) is 9.70. The van der Waals surface area contributed by atoms with Gasteiger partial charge in [0.05, 0.1) is 6.61 Å². The second-order valence-electron chi connectivity index (χ2n) is 1.44. The van der Waals surface area contributed by atoms with Crippen LogP contribution in [0.2, 0.25) is 0 Å². The minimum Gasteiger partial charge on any atom is -0.445 e. The second kappa shape index (κ2) is 6.81. The third-order valence-electron chi connectivity index (χ3n) is 0.711. The molecule has 1 N–H and O–H groups in total. The lowest BCUT2D eigenvalue weighted by atomic mass is 10.8. The normalized spacial score (nSPS) is 8.45. The lowest BCUT2D eigenvalue weighted by molar-refractivity contribution is -0.134. The summed E-state index contributed by atoms with van der Waals surface area (Å²) in [4.78, 5) is 23.8. The van der Waals surface area contributed by atoms with Crippen LogP contribution in [0.3, 0.4) is 0 Å². The van der Waals surface area contributed by atoms with Crippen molar-refractivity contribution < 1.29 is 23.9 Å². The lowest BCUT2D eigenvalue weighted by Gasteiger charge is -2.02. The van der Waals surface area contributed by atoms with Crippen molar-refractivity contribution in [1.82, 2.24) is 5.48 Å². The fourth-order valence-corrected chi connectivity index (χ4v) is 0.319. The Morgan fingerprint density at radius 1 is 1.55 bits per heavy atom. The number of rotatable bonds is 5. The molecule has 0 spiro atoms. The van der Waals surface area contributed by atoms with E-state index < -0.39 is 6.09 Å². The van der Waals surface area contributed by atoms with Gasteiger partial charge in [-0.3, -0.25) is 4.79 Å². The highest BCUT2D eigenvalue weighted by Gasteiger charge is 1.98. The van der Waals surface area contributed by atoms with Crippen molar-refractivity contribution in [2.45, 2.75) is 0 Å². The van der Waals surface area contributed by atoms with Crippen molar-refractivity contribution >= 4 is 12.6 Å². The van der Waals surface area contributed by atoms with Gasteiger partial charge in [0.2, 0.25) is 0 Å². The predicted molar refractivity (Wildman–Crippen MR) is 33.5 cm³/mol. The number of methoxy groups -OCH3 is 1. The van der Waals surface area contributed by atoms with E-state index in [0.29, 0.717) is 6.61 Å². The topological polar surface area (TPSA) is 73.9 Å². The molecule has 0 saturated carbocycles. The van der Waals surface area contributed by atoms with Gasteiger partial charge in [0.1, 0.15) is 6.61 Å². The minimum atomic E-state index is -0.825. The number of amides is 1. The third kappa shape index (κ3) is 6.59. The summed E-state index contributed by atoms with van der Waals surface area (Å²) in [7, 11) is 1.48. The monoisotopic (exact) mass is 163 g/mol. The number of carbonyl (C=O) groups is 2. The first-order chi connectivity index (χ1) is 5.31. The van der Waals surface area contributed by atoms with Crippen LogP contribution in [0.15, 0.2) is 0 Å². The first-order valence-electron chi connectivity index (χ1n) is 2.82. The predicted octanol–water partition coefficient (Wildman–Crippen LogP) is -0.553. The molecule has 64 valence electrons. The molecule has 1 amide bonds. The highest BCUT2D eigenvalue weighted by Crippen LogP contribution is 1.77. The molecule has 0 aliphatic rings. The number of hydroxylamine groups is 1. The van der Waals surface area contributed by atoms with Gasteiger partial charge in [-0.05, 0) is 0 Å². The van der Waals surface area contributed by atoms with E-state index in [1.807, 2.05) is 0 Å². The Balaban J connectivity index is 3.15. The molecule has 0 aromatic carbocycles. The van der Waals surface area contributed by atoms with Crippen molar-refractivity contribution in [3.8, 4) is 0 Å². The molecule has 0 bridgehead atoms. The average Bonchev–Trinajstić information content (AvgIpc) is 2.01. The Morgan fingerprint density at radius 3 is 2.82 bits per heavy atom. The summed E-state index contributed by atoms with van der Waals surface area (Å²) in [5.74, 6) is 0. The fraction of sp³-hybridized carbons (Fsp3) is 0.600. The van der Waals surface area contributed by atoms with E-state index in [-0.39, 0.29) is 13.1 Å². The summed E-state index contributed by atoms with van der Waals surface area (Å²) in [6, 6.07) is 0. The molecule has 6 nitrogen and oxygen atoms in total. The van der Waals surface area contributed by atoms with Crippen LogP contribution in [-0.4, -0.2) is 32.9 Å². The van der Waals surface area contributed by atoms with Crippen LogP contribution in [0.5, 0.6) is 0 Å². The van der Waals surface area contributed by atoms with Gasteiger partial charge >= 0.3 is 12.6 Å². The molecule has 0 atom stereocenters. The summed E-state index contributed by atoms with van der Waals surface area (Å²) >= 11 is 0. The summed E-state index contributed by atoms with van der Waals surface area (Å²) in [5.41, 5.74) is 1.71. The van der Waals surface area contributed by atoms with Gasteiger partial charge < -0.3 is 14.3 Å². The Hall–Kier alpha value is -1.30. The maximum atomic E-state index is 10.4. The number of carbonyl (C=O) groups excluding carboxylic acids is 2. The van der Waals surface area contributed by atoms with E-state index in [1.54, 1.807) is 5.48 Å². The van der Waals surface area contributed by atoms with Crippen molar-refractivity contribution in [2.75, 3.05) is 20.3 Å². The van der Waals surface area contributed by atoms with Gasteiger partial charge in [0.15, 0.2) is 0 Å². The second-order valence-corrected chi connectivity index (χ2v) is 1.44. The number of hydrogen-bond acceptors (Lipinski definition) is 5. The fourth-order valence-electron chi connectivity index (χ4n) is 0.319. The maximum absolute atomic E-state index is 10.4. The van der Waals surface area contributed by atoms with E-state index in [0.717, 1.165) is 0 Å². The zero-order valence-electron chi connectivity index (χ0n) is 6.03. The summed E-state index contributed by atoms with van der Waals surface area (Å²) in [6.07, 6.45) is -0.825. The van der Waals surface area contributed by atoms with E-state index in [2.05, 4.69) is 14.3 Å². The number of ether oxygens (including phenoxy) is 2. The molecule has 0 radical (unpaired) electrons. The molecule has 6 heteroatoms. The number of nitrogens with one attached hydrogen (secondary N) is 1. The minimum absolute atomic E-state index is 0.0809. The van der Waals surface area contributed by atoms with Crippen LogP contribution >= 0.6 is 0 Å². The van der Waals surface area contributed by atoms with Gasteiger partial charge in [-0.2, -0.15) is 0 Å². The van der Waals surface area contributed by atoms with Gasteiger partial charge in [-0.15, -0.1) is 5.48 Å². The molecule has 0 fully saturated rings. The summed E-state index contributed by atoms with van der Waals surface area (Å²) < 4.78 is 9.01. The molecule has 0 aromatic rings. The Bertz CT molecular complexity index is 126. The van der Waals surface area contributed by atoms with Crippen molar-refractivity contribution in [2.24, 2.45) is 0 Å². The first-order valence-corrected chi connectivity index (χ1v) is 2.82. The Labute approximate surface area is 63.4 Å². The van der Waals surface area contributed by atoms with Crippen LogP contribution < -0.4 is 5.48 Å². The molecular weight excluding hydrogens is 154 g/mol. The zero-order chi connectivity index (χ0) is 8.53.